The molecule has 0 heterocycles. The summed E-state index contributed by atoms with van der Waals surface area (Å²) in [6.07, 6.45) is 0. The lowest BCUT2D eigenvalue weighted by Crippen LogP contribution is -2.13. The molecule has 0 saturated carbocycles. The third-order valence-corrected chi connectivity index (χ3v) is 3.09. The first kappa shape index (κ1) is 12.0. The first-order chi connectivity index (χ1) is 6.73. The molecule has 4 N–H and O–H groups in total. The molecule has 0 radical (unpaired) electrons. The summed E-state index contributed by atoms with van der Waals surface area (Å²) >= 11 is 2.82. The number of carbonyl (C=O) groups is 1. The minimum Gasteiger partial charge on any atom is -0.506 e. The van der Waals surface area contributed by atoms with Gasteiger partial charge in [0.05, 0.1) is 9.37 Å². The molecule has 0 aliphatic heterocycles. The Balaban J connectivity index is 3.57. The maximum atomic E-state index is 11.0. The number of nitrogens with two attached hydrogens (primary N) is 1. The second-order valence-electron chi connectivity index (χ2n) is 2.65. The van der Waals surface area contributed by atoms with Crippen molar-refractivity contribution >= 4 is 31.9 Å². The van der Waals surface area contributed by atoms with Gasteiger partial charge in [-0.2, -0.15) is 0 Å². The fourth-order valence-corrected chi connectivity index (χ4v) is 2.08. The quantitative estimate of drug-likeness (QED) is 0.734. The van der Waals surface area contributed by atoms with Gasteiger partial charge in [0.1, 0.15) is 11.3 Å². The topological polar surface area (TPSA) is 118 Å². The van der Waals surface area contributed by atoms with Crippen molar-refractivity contribution in [2.24, 2.45) is 5.14 Å². The Hall–Kier alpha value is -1.12. The number of phenols is 1. The minimum absolute atomic E-state index is 0.0496. The van der Waals surface area contributed by atoms with Crippen LogP contribution in [0.3, 0.4) is 0 Å². The first-order valence-corrected chi connectivity index (χ1v) is 5.86. The molecule has 1 aromatic carbocycles. The number of halogens is 1. The number of carboxylic acids is 1. The number of hydrogen-bond acceptors (Lipinski definition) is 4. The van der Waals surface area contributed by atoms with Crippen molar-refractivity contribution in [1.29, 1.82) is 0 Å². The van der Waals surface area contributed by atoms with Crippen molar-refractivity contribution in [2.75, 3.05) is 0 Å². The average molecular weight is 296 g/mol. The summed E-state index contributed by atoms with van der Waals surface area (Å²) in [6.45, 7) is 0. The number of benzene rings is 1. The van der Waals surface area contributed by atoms with Crippen molar-refractivity contribution in [3.63, 3.8) is 0 Å². The van der Waals surface area contributed by atoms with Gasteiger partial charge in [0.15, 0.2) is 0 Å². The van der Waals surface area contributed by atoms with Gasteiger partial charge in [0.2, 0.25) is 10.0 Å². The van der Waals surface area contributed by atoms with Crippen LogP contribution in [0, 0.1) is 0 Å². The molecule has 0 spiro atoms. The van der Waals surface area contributed by atoms with Crippen LogP contribution in [0.4, 0.5) is 0 Å². The molecular formula is C7H6BrNO5S. The highest BCUT2D eigenvalue weighted by Gasteiger charge is 2.18. The summed E-state index contributed by atoms with van der Waals surface area (Å²) in [6, 6.07) is 1.81. The number of carboxylic acid groups (broad SMARTS) is 1. The lowest BCUT2D eigenvalue weighted by Gasteiger charge is -2.05. The van der Waals surface area contributed by atoms with Crippen molar-refractivity contribution in [1.82, 2.24) is 0 Å². The number of hydrogen-bond donors (Lipinski definition) is 3. The van der Waals surface area contributed by atoms with E-state index in [1.54, 1.807) is 0 Å². The Morgan fingerprint density at radius 3 is 2.33 bits per heavy atom. The highest BCUT2D eigenvalue weighted by Crippen LogP contribution is 2.30. The Morgan fingerprint density at radius 1 is 1.40 bits per heavy atom. The molecule has 8 heteroatoms. The Morgan fingerprint density at radius 2 is 1.93 bits per heavy atom. The summed E-state index contributed by atoms with van der Waals surface area (Å²) < 4.78 is 21.9. The molecule has 0 unspecified atom stereocenters. The maximum absolute atomic E-state index is 11.0. The summed E-state index contributed by atoms with van der Waals surface area (Å²) in [5.74, 6) is -1.99. The van der Waals surface area contributed by atoms with E-state index >= 15 is 0 Å². The van der Waals surface area contributed by atoms with Gasteiger partial charge < -0.3 is 10.2 Å². The molecule has 0 fully saturated rings. The van der Waals surface area contributed by atoms with Crippen LogP contribution >= 0.6 is 15.9 Å². The van der Waals surface area contributed by atoms with E-state index in [2.05, 4.69) is 15.9 Å². The zero-order valence-electron chi connectivity index (χ0n) is 7.14. The van der Waals surface area contributed by atoms with Gasteiger partial charge in [-0.15, -0.1) is 0 Å². The molecule has 0 aliphatic carbocycles. The molecule has 15 heavy (non-hydrogen) atoms. The average Bonchev–Trinajstić information content (AvgIpc) is 2.06. The van der Waals surface area contributed by atoms with Crippen molar-refractivity contribution in [2.45, 2.75) is 4.90 Å². The number of aromatic hydroxyl groups is 1. The predicted molar refractivity (Wildman–Crippen MR) is 54.1 cm³/mol. The third-order valence-electron chi connectivity index (χ3n) is 1.60. The first-order valence-electron chi connectivity index (χ1n) is 3.52. The Labute approximate surface area is 93.5 Å². The van der Waals surface area contributed by atoms with Gasteiger partial charge in [0.25, 0.3) is 0 Å². The van der Waals surface area contributed by atoms with Gasteiger partial charge in [0, 0.05) is 0 Å². The van der Waals surface area contributed by atoms with Crippen LogP contribution < -0.4 is 5.14 Å². The highest BCUT2D eigenvalue weighted by molar-refractivity contribution is 9.10. The zero-order valence-corrected chi connectivity index (χ0v) is 9.54. The van der Waals surface area contributed by atoms with E-state index in [1.807, 2.05) is 0 Å². The second-order valence-corrected chi connectivity index (χ2v) is 5.07. The molecule has 1 rings (SSSR count). The predicted octanol–water partition coefficient (Wildman–Crippen LogP) is 0.500. The minimum atomic E-state index is -4.00. The van der Waals surface area contributed by atoms with Gasteiger partial charge >= 0.3 is 5.97 Å². The molecule has 6 nitrogen and oxygen atoms in total. The van der Waals surface area contributed by atoms with Gasteiger partial charge in [-0.05, 0) is 28.1 Å². The Kier molecular flexibility index (Phi) is 3.03. The zero-order chi connectivity index (χ0) is 11.8. The molecule has 0 aliphatic rings. The van der Waals surface area contributed by atoms with Crippen molar-refractivity contribution in [3.05, 3.63) is 22.2 Å². The fraction of sp³-hybridized carbons (Fsp3) is 0. The largest absolute Gasteiger partial charge is 0.506 e. The number of primary sulfonamides is 1. The number of sulfonamides is 1. The summed E-state index contributed by atoms with van der Waals surface area (Å²) in [7, 11) is -4.00. The monoisotopic (exact) mass is 295 g/mol. The lowest BCUT2D eigenvalue weighted by atomic mass is 10.2. The number of rotatable bonds is 2. The van der Waals surface area contributed by atoms with Crippen LogP contribution in [0.2, 0.25) is 0 Å². The number of aromatic carboxylic acids is 1. The van der Waals surface area contributed by atoms with E-state index in [0.29, 0.717) is 0 Å². The molecular weight excluding hydrogens is 290 g/mol. The summed E-state index contributed by atoms with van der Waals surface area (Å²) in [5, 5.41) is 22.8. The summed E-state index contributed by atoms with van der Waals surface area (Å²) in [5.41, 5.74) is -0.534. The van der Waals surface area contributed by atoms with Crippen molar-refractivity contribution < 1.29 is 23.4 Å². The smallest absolute Gasteiger partial charge is 0.339 e. The third kappa shape index (κ3) is 2.46. The SMILES string of the molecule is NS(=O)(=O)c1cc(Br)c(O)c(C(=O)O)c1. The maximum Gasteiger partial charge on any atom is 0.339 e. The van der Waals surface area contributed by atoms with Gasteiger partial charge in [-0.1, -0.05) is 0 Å². The van der Waals surface area contributed by atoms with Crippen LogP contribution in [0.5, 0.6) is 5.75 Å². The summed E-state index contributed by atoms with van der Waals surface area (Å²) in [4.78, 5) is 10.3. The van der Waals surface area contributed by atoms with Gasteiger partial charge in [-0.3, -0.25) is 0 Å². The molecule has 0 amide bonds. The fourth-order valence-electron chi connectivity index (χ4n) is 0.901. The van der Waals surface area contributed by atoms with E-state index in [4.69, 9.17) is 10.2 Å². The molecule has 0 atom stereocenters. The van der Waals surface area contributed by atoms with E-state index < -0.39 is 27.3 Å². The highest BCUT2D eigenvalue weighted by atomic mass is 79.9. The van der Waals surface area contributed by atoms with E-state index in [9.17, 15) is 18.3 Å². The molecule has 0 saturated heterocycles. The molecule has 1 aromatic rings. The van der Waals surface area contributed by atoms with E-state index in [-0.39, 0.29) is 9.37 Å². The molecule has 0 aromatic heterocycles. The van der Waals surface area contributed by atoms with E-state index in [0.717, 1.165) is 12.1 Å². The standard InChI is InChI=1S/C7H6BrNO5S/c8-5-2-3(15(9,13)14)1-4(6(5)10)7(11)12/h1-2,10H,(H,11,12)(H2,9,13,14). The molecule has 0 bridgehead atoms. The lowest BCUT2D eigenvalue weighted by molar-refractivity contribution is 0.0693. The molecule has 82 valence electrons. The van der Waals surface area contributed by atoms with E-state index in [1.165, 1.54) is 0 Å². The van der Waals surface area contributed by atoms with Crippen LogP contribution in [0.1, 0.15) is 10.4 Å². The van der Waals surface area contributed by atoms with Crippen LogP contribution in [-0.4, -0.2) is 24.6 Å². The van der Waals surface area contributed by atoms with Crippen LogP contribution in [0.25, 0.3) is 0 Å². The van der Waals surface area contributed by atoms with Crippen LogP contribution in [0.15, 0.2) is 21.5 Å². The Bertz CT molecular complexity index is 524. The normalized spacial score (nSPS) is 11.3. The second kappa shape index (κ2) is 3.80. The van der Waals surface area contributed by atoms with Gasteiger partial charge in [-0.25, -0.2) is 18.4 Å². The van der Waals surface area contributed by atoms with Crippen molar-refractivity contribution in [3.8, 4) is 5.75 Å². The van der Waals surface area contributed by atoms with Crippen LogP contribution in [-0.2, 0) is 10.0 Å².